The molecule has 0 radical (unpaired) electrons. The highest BCUT2D eigenvalue weighted by Crippen LogP contribution is 2.19. The van der Waals surface area contributed by atoms with Gasteiger partial charge in [0.2, 0.25) is 5.91 Å². The van der Waals surface area contributed by atoms with Crippen LogP contribution in [0.4, 0.5) is 0 Å². The van der Waals surface area contributed by atoms with E-state index in [0.717, 1.165) is 43.2 Å². The number of ether oxygens (including phenoxy) is 1. The van der Waals surface area contributed by atoms with Crippen LogP contribution in [0, 0.1) is 0 Å². The minimum Gasteiger partial charge on any atom is -0.490 e. The van der Waals surface area contributed by atoms with Crippen molar-refractivity contribution in [1.29, 1.82) is 0 Å². The number of rotatable bonds is 7. The Bertz CT molecular complexity index is 643. The van der Waals surface area contributed by atoms with E-state index in [4.69, 9.17) is 4.74 Å². The molecule has 0 N–H and O–H groups in total. The van der Waals surface area contributed by atoms with Gasteiger partial charge in [-0.05, 0) is 17.7 Å². The standard InChI is InChI=1S/C20H24N2O2S/c23-20(10-15-25-16-17-4-2-1-3-5-17)22-13-8-19(9-14-22)24-18-6-11-21-12-7-18/h1-7,11-12,19H,8-10,13-16H2. The molecule has 0 bridgehead atoms. The highest BCUT2D eigenvalue weighted by Gasteiger charge is 2.23. The van der Waals surface area contributed by atoms with Crippen LogP contribution in [0.1, 0.15) is 24.8 Å². The molecule has 1 aliphatic rings. The van der Waals surface area contributed by atoms with E-state index in [2.05, 4.69) is 29.2 Å². The van der Waals surface area contributed by atoms with Gasteiger partial charge in [0.15, 0.2) is 0 Å². The Hall–Kier alpha value is -2.01. The molecule has 1 saturated heterocycles. The number of pyridine rings is 1. The first-order valence-corrected chi connectivity index (χ1v) is 9.93. The number of amides is 1. The van der Waals surface area contributed by atoms with E-state index in [9.17, 15) is 4.79 Å². The summed E-state index contributed by atoms with van der Waals surface area (Å²) in [7, 11) is 0. The number of hydrogen-bond donors (Lipinski definition) is 0. The Balaban J connectivity index is 1.33. The molecule has 0 spiro atoms. The molecule has 2 aromatic rings. The number of aromatic nitrogens is 1. The fourth-order valence-corrected chi connectivity index (χ4v) is 3.81. The predicted octanol–water partition coefficient (Wildman–Crippen LogP) is 3.77. The maximum atomic E-state index is 12.3. The fourth-order valence-electron chi connectivity index (χ4n) is 2.91. The van der Waals surface area contributed by atoms with E-state index >= 15 is 0 Å². The second-order valence-corrected chi connectivity index (χ2v) is 7.27. The second kappa shape index (κ2) is 9.47. The summed E-state index contributed by atoms with van der Waals surface area (Å²) >= 11 is 1.82. The third-order valence-corrected chi connectivity index (χ3v) is 5.35. The minimum atomic E-state index is 0.193. The van der Waals surface area contributed by atoms with Gasteiger partial charge in [-0.2, -0.15) is 11.8 Å². The number of thioether (sulfide) groups is 1. The molecule has 1 aromatic carbocycles. The Morgan fingerprint density at radius 1 is 1.12 bits per heavy atom. The number of piperidine rings is 1. The van der Waals surface area contributed by atoms with Crippen LogP contribution in [-0.4, -0.2) is 40.7 Å². The summed E-state index contributed by atoms with van der Waals surface area (Å²) in [5.74, 6) is 2.97. The van der Waals surface area contributed by atoms with Crippen molar-refractivity contribution in [3.05, 3.63) is 60.4 Å². The zero-order valence-electron chi connectivity index (χ0n) is 14.3. The topological polar surface area (TPSA) is 42.4 Å². The van der Waals surface area contributed by atoms with E-state index in [1.807, 2.05) is 34.9 Å². The monoisotopic (exact) mass is 356 g/mol. The van der Waals surface area contributed by atoms with Crippen molar-refractivity contribution in [3.63, 3.8) is 0 Å². The molecule has 0 saturated carbocycles. The number of carbonyl (C=O) groups excluding carboxylic acids is 1. The smallest absolute Gasteiger partial charge is 0.223 e. The van der Waals surface area contributed by atoms with Crippen molar-refractivity contribution in [1.82, 2.24) is 9.88 Å². The van der Waals surface area contributed by atoms with Gasteiger partial charge in [0.05, 0.1) is 0 Å². The van der Waals surface area contributed by atoms with Gasteiger partial charge in [0.1, 0.15) is 11.9 Å². The third-order valence-electron chi connectivity index (χ3n) is 4.32. The molecule has 5 heteroatoms. The zero-order chi connectivity index (χ0) is 17.3. The van der Waals surface area contributed by atoms with E-state index in [1.165, 1.54) is 5.56 Å². The summed E-state index contributed by atoms with van der Waals surface area (Å²) in [6.07, 6.45) is 6.07. The molecule has 25 heavy (non-hydrogen) atoms. The highest BCUT2D eigenvalue weighted by atomic mass is 32.2. The average Bonchev–Trinajstić information content (AvgIpc) is 2.67. The van der Waals surface area contributed by atoms with Gasteiger partial charge in [0, 0.05) is 56.3 Å². The number of likely N-dealkylation sites (tertiary alicyclic amines) is 1. The normalized spacial score (nSPS) is 15.1. The molecule has 0 atom stereocenters. The van der Waals surface area contributed by atoms with Gasteiger partial charge < -0.3 is 9.64 Å². The quantitative estimate of drug-likeness (QED) is 0.708. The Kier molecular flexibility index (Phi) is 6.74. The van der Waals surface area contributed by atoms with Crippen LogP contribution in [0.2, 0.25) is 0 Å². The molecule has 2 heterocycles. The summed E-state index contributed by atoms with van der Waals surface area (Å²) in [6, 6.07) is 14.1. The minimum absolute atomic E-state index is 0.193. The lowest BCUT2D eigenvalue weighted by Crippen LogP contribution is -2.41. The summed E-state index contributed by atoms with van der Waals surface area (Å²) < 4.78 is 5.95. The van der Waals surface area contributed by atoms with Gasteiger partial charge >= 0.3 is 0 Å². The van der Waals surface area contributed by atoms with Crippen molar-refractivity contribution in [2.75, 3.05) is 18.8 Å². The molecule has 0 aliphatic carbocycles. The Labute approximate surface area is 153 Å². The summed E-state index contributed by atoms with van der Waals surface area (Å²) in [5.41, 5.74) is 1.31. The first kappa shape index (κ1) is 17.8. The highest BCUT2D eigenvalue weighted by molar-refractivity contribution is 7.98. The van der Waals surface area contributed by atoms with Crippen LogP contribution in [-0.2, 0) is 10.5 Å². The molecule has 4 nitrogen and oxygen atoms in total. The Morgan fingerprint density at radius 2 is 1.84 bits per heavy atom. The third kappa shape index (κ3) is 5.78. The molecular weight excluding hydrogens is 332 g/mol. The van der Waals surface area contributed by atoms with E-state index in [1.54, 1.807) is 12.4 Å². The molecule has 1 fully saturated rings. The van der Waals surface area contributed by atoms with E-state index in [0.29, 0.717) is 6.42 Å². The maximum Gasteiger partial charge on any atom is 0.223 e. The zero-order valence-corrected chi connectivity index (χ0v) is 15.2. The van der Waals surface area contributed by atoms with Gasteiger partial charge in [-0.3, -0.25) is 9.78 Å². The number of carbonyl (C=O) groups is 1. The number of benzene rings is 1. The molecule has 132 valence electrons. The largest absolute Gasteiger partial charge is 0.490 e. The lowest BCUT2D eigenvalue weighted by atomic mass is 10.1. The van der Waals surface area contributed by atoms with Crippen LogP contribution >= 0.6 is 11.8 Å². The summed E-state index contributed by atoms with van der Waals surface area (Å²) in [6.45, 7) is 1.58. The molecule has 0 unspecified atom stereocenters. The molecular formula is C20H24N2O2S. The lowest BCUT2D eigenvalue weighted by molar-refractivity contribution is -0.132. The first-order valence-electron chi connectivity index (χ1n) is 8.77. The second-order valence-electron chi connectivity index (χ2n) is 6.17. The van der Waals surface area contributed by atoms with E-state index in [-0.39, 0.29) is 12.0 Å². The fraction of sp³-hybridized carbons (Fsp3) is 0.400. The van der Waals surface area contributed by atoms with Crippen LogP contribution in [0.25, 0.3) is 0 Å². The molecule has 1 aliphatic heterocycles. The Morgan fingerprint density at radius 3 is 2.56 bits per heavy atom. The van der Waals surface area contributed by atoms with Crippen LogP contribution in [0.15, 0.2) is 54.9 Å². The number of hydrogen-bond acceptors (Lipinski definition) is 4. The lowest BCUT2D eigenvalue weighted by Gasteiger charge is -2.32. The van der Waals surface area contributed by atoms with Crippen molar-refractivity contribution >= 4 is 17.7 Å². The van der Waals surface area contributed by atoms with Crippen molar-refractivity contribution in [2.45, 2.75) is 31.1 Å². The van der Waals surface area contributed by atoms with E-state index < -0.39 is 0 Å². The average molecular weight is 356 g/mol. The number of nitrogens with zero attached hydrogens (tertiary/aromatic N) is 2. The molecule has 1 amide bonds. The van der Waals surface area contributed by atoms with Gasteiger partial charge in [-0.15, -0.1) is 0 Å². The van der Waals surface area contributed by atoms with Crippen molar-refractivity contribution in [3.8, 4) is 5.75 Å². The van der Waals surface area contributed by atoms with Crippen LogP contribution < -0.4 is 4.74 Å². The molecule has 3 rings (SSSR count). The van der Waals surface area contributed by atoms with Crippen molar-refractivity contribution in [2.24, 2.45) is 0 Å². The first-order chi connectivity index (χ1) is 12.3. The van der Waals surface area contributed by atoms with Gasteiger partial charge in [-0.1, -0.05) is 30.3 Å². The van der Waals surface area contributed by atoms with Gasteiger partial charge in [-0.25, -0.2) is 0 Å². The van der Waals surface area contributed by atoms with Crippen LogP contribution in [0.3, 0.4) is 0 Å². The van der Waals surface area contributed by atoms with Crippen LogP contribution in [0.5, 0.6) is 5.75 Å². The SMILES string of the molecule is O=C(CCSCc1ccccc1)N1CCC(Oc2ccncc2)CC1. The molecule has 1 aromatic heterocycles. The predicted molar refractivity (Wildman–Crippen MR) is 102 cm³/mol. The maximum absolute atomic E-state index is 12.3. The van der Waals surface area contributed by atoms with Crippen molar-refractivity contribution < 1.29 is 9.53 Å². The summed E-state index contributed by atoms with van der Waals surface area (Å²) in [4.78, 5) is 18.3. The van der Waals surface area contributed by atoms with Gasteiger partial charge in [0.25, 0.3) is 0 Å². The summed E-state index contributed by atoms with van der Waals surface area (Å²) in [5, 5.41) is 0.